The quantitative estimate of drug-likeness (QED) is 0.476. The van der Waals surface area contributed by atoms with Gasteiger partial charge in [-0.15, -0.1) is 5.10 Å². The van der Waals surface area contributed by atoms with Crippen molar-refractivity contribution in [1.29, 1.82) is 0 Å². The zero-order valence-electron chi connectivity index (χ0n) is 14.6. The van der Waals surface area contributed by atoms with Gasteiger partial charge in [0.15, 0.2) is 23.0 Å². The first-order chi connectivity index (χ1) is 12.6. The van der Waals surface area contributed by atoms with Crippen LogP contribution in [0.4, 0.5) is 0 Å². The Hall–Kier alpha value is -3.00. The Balaban J connectivity index is 2.18. The fourth-order valence-corrected chi connectivity index (χ4v) is 2.29. The van der Waals surface area contributed by atoms with Gasteiger partial charge in [-0.05, 0) is 30.5 Å². The highest BCUT2D eigenvalue weighted by atomic mass is 32.2. The number of amidine groups is 1. The standard InChI is InChI=1S/C18H19N3O4S/c1-24-14-8-4-6-12(16(14)22)10-19-18(26-3)21-20-11-13-7-5-9-15(25-2)17(13)23/h4-11,22-23H,1-3H3. The van der Waals surface area contributed by atoms with E-state index in [1.165, 1.54) is 38.4 Å². The molecule has 0 spiro atoms. The lowest BCUT2D eigenvalue weighted by Gasteiger charge is -2.04. The van der Waals surface area contributed by atoms with Crippen LogP contribution in [0.3, 0.4) is 0 Å². The molecule has 0 aliphatic rings. The summed E-state index contributed by atoms with van der Waals surface area (Å²) in [4.78, 5) is 4.21. The monoisotopic (exact) mass is 373 g/mol. The van der Waals surface area contributed by atoms with E-state index in [9.17, 15) is 10.2 Å². The third-order valence-corrected chi connectivity index (χ3v) is 3.89. The molecule has 0 unspecified atom stereocenters. The summed E-state index contributed by atoms with van der Waals surface area (Å²) in [6.45, 7) is 0. The van der Waals surface area contributed by atoms with Gasteiger partial charge in [-0.25, -0.2) is 4.99 Å². The van der Waals surface area contributed by atoms with Gasteiger partial charge < -0.3 is 19.7 Å². The van der Waals surface area contributed by atoms with Gasteiger partial charge in [0, 0.05) is 17.3 Å². The lowest BCUT2D eigenvalue weighted by atomic mass is 10.2. The average molecular weight is 373 g/mol. The van der Waals surface area contributed by atoms with Crippen molar-refractivity contribution in [3.63, 3.8) is 0 Å². The van der Waals surface area contributed by atoms with E-state index in [4.69, 9.17) is 9.47 Å². The highest BCUT2D eigenvalue weighted by molar-refractivity contribution is 8.13. The summed E-state index contributed by atoms with van der Waals surface area (Å²) in [5.74, 6) is 0.714. The van der Waals surface area contributed by atoms with Crippen molar-refractivity contribution in [2.45, 2.75) is 0 Å². The zero-order valence-corrected chi connectivity index (χ0v) is 15.4. The summed E-state index contributed by atoms with van der Waals surface area (Å²) in [6.07, 6.45) is 4.69. The van der Waals surface area contributed by atoms with E-state index in [0.717, 1.165) is 0 Å². The molecule has 2 aromatic rings. The van der Waals surface area contributed by atoms with Gasteiger partial charge in [0.1, 0.15) is 0 Å². The normalized spacial score (nSPS) is 12.0. The summed E-state index contributed by atoms with van der Waals surface area (Å²) in [5, 5.41) is 28.4. The number of hydrogen-bond acceptors (Lipinski definition) is 7. The Morgan fingerprint density at radius 2 is 1.46 bits per heavy atom. The Labute approximate surface area is 155 Å². The maximum Gasteiger partial charge on any atom is 0.208 e. The molecule has 0 bridgehead atoms. The molecule has 2 aromatic carbocycles. The van der Waals surface area contributed by atoms with Crippen LogP contribution in [-0.4, -0.2) is 48.3 Å². The number of para-hydroxylation sites is 2. The minimum atomic E-state index is -0.00976. The van der Waals surface area contributed by atoms with Crippen molar-refractivity contribution in [2.75, 3.05) is 20.5 Å². The van der Waals surface area contributed by atoms with Crippen molar-refractivity contribution in [3.05, 3.63) is 47.5 Å². The van der Waals surface area contributed by atoms with E-state index in [1.54, 1.807) is 42.7 Å². The van der Waals surface area contributed by atoms with E-state index < -0.39 is 0 Å². The lowest BCUT2D eigenvalue weighted by molar-refractivity contribution is 0.373. The molecule has 0 atom stereocenters. The van der Waals surface area contributed by atoms with Gasteiger partial charge in [0.05, 0.1) is 20.4 Å². The first kappa shape index (κ1) is 19.3. The molecule has 0 aliphatic heterocycles. The third-order valence-electron chi connectivity index (χ3n) is 3.34. The smallest absolute Gasteiger partial charge is 0.208 e. The number of phenols is 2. The van der Waals surface area contributed by atoms with E-state index in [0.29, 0.717) is 27.8 Å². The maximum absolute atomic E-state index is 10.0. The number of benzene rings is 2. The van der Waals surface area contributed by atoms with Gasteiger partial charge in [-0.3, -0.25) is 0 Å². The Morgan fingerprint density at radius 3 is 1.96 bits per heavy atom. The molecule has 0 saturated carbocycles. The molecule has 2 N–H and O–H groups in total. The fourth-order valence-electron chi connectivity index (χ4n) is 2.00. The number of ether oxygens (including phenoxy) is 2. The van der Waals surface area contributed by atoms with Crippen LogP contribution in [0.25, 0.3) is 0 Å². The SMILES string of the molecule is COc1cccc(C=NN=C(N=Cc2cccc(OC)c2O)SC)c1O. The summed E-state index contributed by atoms with van der Waals surface area (Å²) < 4.78 is 10.1. The molecule has 0 radical (unpaired) electrons. The van der Waals surface area contributed by atoms with Gasteiger partial charge in [0.2, 0.25) is 5.17 Å². The van der Waals surface area contributed by atoms with E-state index in [-0.39, 0.29) is 11.5 Å². The summed E-state index contributed by atoms with van der Waals surface area (Å²) in [7, 11) is 2.95. The molecular formula is C18H19N3O4S. The number of aliphatic imine (C=N–C) groups is 1. The Bertz CT molecular complexity index is 850. The van der Waals surface area contributed by atoms with Crippen LogP contribution in [0.5, 0.6) is 23.0 Å². The van der Waals surface area contributed by atoms with Gasteiger partial charge in [-0.1, -0.05) is 23.9 Å². The molecule has 0 saturated heterocycles. The highest BCUT2D eigenvalue weighted by Crippen LogP contribution is 2.29. The highest BCUT2D eigenvalue weighted by Gasteiger charge is 2.06. The minimum Gasteiger partial charge on any atom is -0.504 e. The molecule has 0 aliphatic carbocycles. The number of nitrogens with zero attached hydrogens (tertiary/aromatic N) is 3. The first-order valence-corrected chi connectivity index (χ1v) is 8.74. The van der Waals surface area contributed by atoms with Crippen LogP contribution in [0.1, 0.15) is 11.1 Å². The number of phenolic OH excluding ortho intramolecular Hbond substituents is 2. The van der Waals surface area contributed by atoms with Gasteiger partial charge in [0.25, 0.3) is 0 Å². The summed E-state index contributed by atoms with van der Waals surface area (Å²) >= 11 is 1.29. The molecule has 2 rings (SSSR count). The van der Waals surface area contributed by atoms with Crippen LogP contribution in [0.15, 0.2) is 51.6 Å². The Morgan fingerprint density at radius 1 is 0.923 bits per heavy atom. The van der Waals surface area contributed by atoms with Crippen LogP contribution in [-0.2, 0) is 0 Å². The van der Waals surface area contributed by atoms with Crippen molar-refractivity contribution < 1.29 is 19.7 Å². The first-order valence-electron chi connectivity index (χ1n) is 7.51. The van der Waals surface area contributed by atoms with E-state index in [2.05, 4.69) is 15.2 Å². The number of hydrogen-bond donors (Lipinski definition) is 2. The minimum absolute atomic E-state index is 0.00371. The lowest BCUT2D eigenvalue weighted by Crippen LogP contribution is -1.92. The molecule has 7 nitrogen and oxygen atoms in total. The van der Waals surface area contributed by atoms with Crippen LogP contribution in [0.2, 0.25) is 0 Å². The fraction of sp³-hybridized carbons (Fsp3) is 0.167. The van der Waals surface area contributed by atoms with Crippen LogP contribution < -0.4 is 9.47 Å². The average Bonchev–Trinajstić information content (AvgIpc) is 2.66. The predicted molar refractivity (Wildman–Crippen MR) is 105 cm³/mol. The van der Waals surface area contributed by atoms with Crippen molar-refractivity contribution >= 4 is 29.4 Å². The number of methoxy groups -OCH3 is 2. The molecule has 0 fully saturated rings. The van der Waals surface area contributed by atoms with E-state index >= 15 is 0 Å². The Kier molecular flexibility index (Phi) is 7.04. The zero-order chi connectivity index (χ0) is 18.9. The van der Waals surface area contributed by atoms with E-state index in [1.807, 2.05) is 0 Å². The second kappa shape index (κ2) is 9.47. The molecule has 8 heteroatoms. The second-order valence-electron chi connectivity index (χ2n) is 4.89. The van der Waals surface area contributed by atoms with Gasteiger partial charge in [-0.2, -0.15) is 5.10 Å². The third kappa shape index (κ3) is 4.76. The predicted octanol–water partition coefficient (Wildman–Crippen LogP) is 3.29. The van der Waals surface area contributed by atoms with Crippen molar-refractivity contribution in [1.82, 2.24) is 0 Å². The van der Waals surface area contributed by atoms with Crippen LogP contribution in [0, 0.1) is 0 Å². The molecule has 0 heterocycles. The largest absolute Gasteiger partial charge is 0.504 e. The number of thioether (sulfide) groups is 1. The molecule has 26 heavy (non-hydrogen) atoms. The number of rotatable bonds is 5. The number of aromatic hydroxyl groups is 2. The van der Waals surface area contributed by atoms with Crippen molar-refractivity contribution in [3.8, 4) is 23.0 Å². The molecular weight excluding hydrogens is 354 g/mol. The molecule has 136 valence electrons. The topological polar surface area (TPSA) is 96.0 Å². The van der Waals surface area contributed by atoms with Crippen molar-refractivity contribution in [2.24, 2.45) is 15.2 Å². The van der Waals surface area contributed by atoms with Gasteiger partial charge >= 0.3 is 0 Å². The molecule has 0 aromatic heterocycles. The second-order valence-corrected chi connectivity index (χ2v) is 5.66. The molecule has 0 amide bonds. The summed E-state index contributed by atoms with van der Waals surface area (Å²) in [5.41, 5.74) is 0.975. The van der Waals surface area contributed by atoms with Crippen LogP contribution >= 0.6 is 11.8 Å². The summed E-state index contributed by atoms with van der Waals surface area (Å²) in [6, 6.07) is 10.2. The maximum atomic E-state index is 10.0.